The number of esters is 2. The summed E-state index contributed by atoms with van der Waals surface area (Å²) in [6.45, 7) is 12.9. The van der Waals surface area contributed by atoms with Crippen molar-refractivity contribution < 1.29 is 33.3 Å². The van der Waals surface area contributed by atoms with E-state index in [4.69, 9.17) is 18.6 Å². The fraction of sp³-hybridized carbons (Fsp3) is 0.704. The van der Waals surface area contributed by atoms with Crippen LogP contribution in [0.1, 0.15) is 71.5 Å². The molecular formula is C27H36O7. The number of carbonyl (C=O) groups is 2. The number of hydrogen-bond acceptors (Lipinski definition) is 7. The minimum Gasteiger partial charge on any atom is -0.472 e. The lowest BCUT2D eigenvalue weighted by atomic mass is 9.41. The first-order chi connectivity index (χ1) is 15.9. The maximum Gasteiger partial charge on any atom is 0.309 e. The number of aliphatic hydroxyl groups excluding tert-OH is 1. The van der Waals surface area contributed by atoms with E-state index in [2.05, 4.69) is 20.4 Å². The highest BCUT2D eigenvalue weighted by Crippen LogP contribution is 2.72. The number of ether oxygens (including phenoxy) is 3. The Bertz CT molecular complexity index is 1010. The molecule has 1 N–H and O–H groups in total. The molecular weight excluding hydrogens is 436 g/mol. The highest BCUT2D eigenvalue weighted by molar-refractivity contribution is 5.74. The Balaban J connectivity index is 1.62. The van der Waals surface area contributed by atoms with E-state index in [-0.39, 0.29) is 42.7 Å². The van der Waals surface area contributed by atoms with E-state index in [1.165, 1.54) is 7.11 Å². The molecule has 3 unspecified atom stereocenters. The van der Waals surface area contributed by atoms with Gasteiger partial charge in [0.05, 0.1) is 38.3 Å². The molecule has 2 saturated carbocycles. The number of cyclic esters (lactones) is 1. The van der Waals surface area contributed by atoms with E-state index in [0.29, 0.717) is 6.42 Å². The molecule has 2 aliphatic carbocycles. The van der Waals surface area contributed by atoms with Gasteiger partial charge in [0.25, 0.3) is 0 Å². The van der Waals surface area contributed by atoms with Crippen molar-refractivity contribution in [2.24, 2.45) is 28.1 Å². The van der Waals surface area contributed by atoms with Crippen LogP contribution in [0.5, 0.6) is 0 Å². The Hall–Kier alpha value is -2.12. The van der Waals surface area contributed by atoms with Crippen LogP contribution in [0.15, 0.2) is 35.2 Å². The van der Waals surface area contributed by atoms with Gasteiger partial charge in [-0.3, -0.25) is 9.59 Å². The summed E-state index contributed by atoms with van der Waals surface area (Å²) in [4.78, 5) is 25.5. The van der Waals surface area contributed by atoms with Crippen LogP contribution >= 0.6 is 0 Å². The van der Waals surface area contributed by atoms with Gasteiger partial charge >= 0.3 is 11.9 Å². The number of methoxy groups -OCH3 is 1. The van der Waals surface area contributed by atoms with Crippen LogP contribution in [-0.2, 0) is 23.8 Å². The average molecular weight is 473 g/mol. The van der Waals surface area contributed by atoms with E-state index in [1.807, 2.05) is 19.9 Å². The first kappa shape index (κ1) is 23.6. The standard InChI is InChI=1S/C27H36O7/c1-15-17-7-9-25(4)23(16-8-10-32-14-16)33-22(30)13-27(15,25)34-20-12-19(28)24(2,3)18(26(17,20)5)11-21(29)31-6/h8,10,14,17-20,23,28H,1,7,9,11-13H2,2-6H3/t17?,18?,19?,20-,23-,25-,26+,27-/m0/s1. The summed E-state index contributed by atoms with van der Waals surface area (Å²) in [6, 6.07) is 1.84. The number of aliphatic hydroxyl groups is 1. The van der Waals surface area contributed by atoms with E-state index in [0.717, 1.165) is 24.0 Å². The van der Waals surface area contributed by atoms with Gasteiger partial charge in [-0.1, -0.05) is 34.3 Å². The summed E-state index contributed by atoms with van der Waals surface area (Å²) in [6.07, 6.45) is 4.06. The number of hydrogen-bond donors (Lipinski definition) is 1. The quantitative estimate of drug-likeness (QED) is 0.516. The third-order valence-corrected chi connectivity index (χ3v) is 10.2. The van der Waals surface area contributed by atoms with Gasteiger partial charge in [0.15, 0.2) is 0 Å². The van der Waals surface area contributed by atoms with Crippen LogP contribution in [0.3, 0.4) is 0 Å². The fourth-order valence-electron chi connectivity index (χ4n) is 8.07. The highest BCUT2D eigenvalue weighted by atomic mass is 16.6. The van der Waals surface area contributed by atoms with Gasteiger partial charge in [0, 0.05) is 29.2 Å². The normalized spacial score (nSPS) is 45.1. The summed E-state index contributed by atoms with van der Waals surface area (Å²) < 4.78 is 23.3. The van der Waals surface area contributed by atoms with E-state index in [1.54, 1.807) is 12.5 Å². The van der Waals surface area contributed by atoms with Gasteiger partial charge in [0.2, 0.25) is 0 Å². The Kier molecular flexibility index (Phi) is 5.17. The predicted octanol–water partition coefficient (Wildman–Crippen LogP) is 4.35. The van der Waals surface area contributed by atoms with Crippen LogP contribution in [0, 0.1) is 28.1 Å². The molecule has 0 amide bonds. The Morgan fingerprint density at radius 1 is 1.29 bits per heavy atom. The van der Waals surface area contributed by atoms with Crippen molar-refractivity contribution in [2.75, 3.05) is 7.11 Å². The molecule has 7 nitrogen and oxygen atoms in total. The molecule has 34 heavy (non-hydrogen) atoms. The minimum absolute atomic E-state index is 0.0386. The van der Waals surface area contributed by atoms with Crippen molar-refractivity contribution in [2.45, 2.75) is 83.7 Å². The molecule has 2 saturated heterocycles. The monoisotopic (exact) mass is 472 g/mol. The van der Waals surface area contributed by atoms with Gasteiger partial charge in [-0.15, -0.1) is 0 Å². The zero-order chi connectivity index (χ0) is 24.7. The van der Waals surface area contributed by atoms with Crippen molar-refractivity contribution in [1.29, 1.82) is 0 Å². The van der Waals surface area contributed by atoms with Gasteiger partial charge in [-0.05, 0) is 41.7 Å². The summed E-state index contributed by atoms with van der Waals surface area (Å²) in [5, 5.41) is 11.2. The number of rotatable bonds is 3. The average Bonchev–Trinajstić information content (AvgIpc) is 3.30. The van der Waals surface area contributed by atoms with Gasteiger partial charge in [-0.25, -0.2) is 0 Å². The van der Waals surface area contributed by atoms with Crippen molar-refractivity contribution in [3.8, 4) is 0 Å². The number of fused-ring (bicyclic) bond motifs is 3. The Labute approximate surface area is 200 Å². The lowest BCUT2D eigenvalue weighted by molar-refractivity contribution is -0.314. The van der Waals surface area contributed by atoms with Gasteiger partial charge in [0.1, 0.15) is 11.7 Å². The van der Waals surface area contributed by atoms with E-state index >= 15 is 0 Å². The second-order valence-corrected chi connectivity index (χ2v) is 11.8. The molecule has 0 radical (unpaired) electrons. The molecule has 4 fully saturated rings. The Morgan fingerprint density at radius 3 is 2.68 bits per heavy atom. The molecule has 1 aromatic heterocycles. The third kappa shape index (κ3) is 2.83. The van der Waals surface area contributed by atoms with Crippen molar-refractivity contribution >= 4 is 11.9 Å². The van der Waals surface area contributed by atoms with Gasteiger partial charge in [-0.2, -0.15) is 0 Å². The van der Waals surface area contributed by atoms with Crippen LogP contribution in [0.4, 0.5) is 0 Å². The topological polar surface area (TPSA) is 95.2 Å². The minimum atomic E-state index is -0.908. The second-order valence-electron chi connectivity index (χ2n) is 11.8. The summed E-state index contributed by atoms with van der Waals surface area (Å²) >= 11 is 0. The first-order valence-electron chi connectivity index (χ1n) is 12.3. The van der Waals surface area contributed by atoms with Crippen LogP contribution in [0.25, 0.3) is 0 Å². The SMILES string of the molecule is C=C1C2CC[C@@]3(C)[C@H](c4ccoc4)OC(=O)C[C@]13O[C@H]1CC(O)C(C)(C)C(CC(=O)OC)[C@@]21C. The summed E-state index contributed by atoms with van der Waals surface area (Å²) in [5.74, 6) is -0.752. The van der Waals surface area contributed by atoms with Crippen LogP contribution in [0.2, 0.25) is 0 Å². The number of furan rings is 1. The smallest absolute Gasteiger partial charge is 0.309 e. The van der Waals surface area contributed by atoms with E-state index in [9.17, 15) is 14.7 Å². The lowest BCUT2D eigenvalue weighted by Crippen LogP contribution is -2.73. The van der Waals surface area contributed by atoms with Crippen molar-refractivity contribution in [3.05, 3.63) is 36.3 Å². The lowest BCUT2D eigenvalue weighted by Gasteiger charge is -2.71. The molecule has 186 valence electrons. The molecule has 2 aliphatic heterocycles. The van der Waals surface area contributed by atoms with E-state index < -0.39 is 34.1 Å². The fourth-order valence-corrected chi connectivity index (χ4v) is 8.07. The molecule has 4 aliphatic rings. The number of carbonyl (C=O) groups excluding carboxylic acids is 2. The maximum atomic E-state index is 13.0. The second kappa shape index (κ2) is 7.44. The summed E-state index contributed by atoms with van der Waals surface area (Å²) in [7, 11) is 1.40. The zero-order valence-corrected chi connectivity index (χ0v) is 20.8. The van der Waals surface area contributed by atoms with Crippen LogP contribution in [-0.4, -0.2) is 42.0 Å². The Morgan fingerprint density at radius 2 is 2.03 bits per heavy atom. The summed E-state index contributed by atoms with van der Waals surface area (Å²) in [5.41, 5.74) is -0.672. The molecule has 1 aromatic rings. The molecule has 3 heterocycles. The molecule has 0 aromatic carbocycles. The third-order valence-electron chi connectivity index (χ3n) is 10.2. The molecule has 8 atom stereocenters. The largest absolute Gasteiger partial charge is 0.472 e. The maximum absolute atomic E-state index is 13.0. The molecule has 7 heteroatoms. The molecule has 1 spiro atoms. The first-order valence-corrected chi connectivity index (χ1v) is 12.3. The zero-order valence-electron chi connectivity index (χ0n) is 20.8. The highest BCUT2D eigenvalue weighted by Gasteiger charge is 2.73. The molecule has 2 bridgehead atoms. The molecule has 5 rings (SSSR count). The predicted molar refractivity (Wildman–Crippen MR) is 122 cm³/mol. The van der Waals surface area contributed by atoms with Crippen molar-refractivity contribution in [3.63, 3.8) is 0 Å². The van der Waals surface area contributed by atoms with Gasteiger partial charge < -0.3 is 23.7 Å². The van der Waals surface area contributed by atoms with Crippen molar-refractivity contribution in [1.82, 2.24) is 0 Å². The van der Waals surface area contributed by atoms with Crippen LogP contribution < -0.4 is 0 Å².